The fraction of sp³-hybridized carbons (Fsp3) is 0.583. The van der Waals surface area contributed by atoms with Gasteiger partial charge in [-0.25, -0.2) is 13.6 Å². The number of hydrogen-bond donors (Lipinski definition) is 1. The van der Waals surface area contributed by atoms with Crippen molar-refractivity contribution in [3.63, 3.8) is 0 Å². The Morgan fingerprint density at radius 2 is 2.37 bits per heavy atom. The van der Waals surface area contributed by atoms with E-state index in [0.29, 0.717) is 16.1 Å². The van der Waals surface area contributed by atoms with Crippen molar-refractivity contribution in [2.24, 2.45) is 5.73 Å². The maximum Gasteiger partial charge on any atom is 0.350 e. The van der Waals surface area contributed by atoms with Crippen molar-refractivity contribution >= 4 is 23.0 Å². The van der Waals surface area contributed by atoms with Crippen LogP contribution in [-0.2, 0) is 11.2 Å². The van der Waals surface area contributed by atoms with Crippen molar-refractivity contribution in [3.8, 4) is 0 Å². The summed E-state index contributed by atoms with van der Waals surface area (Å²) in [6.45, 7) is 1.61. The summed E-state index contributed by atoms with van der Waals surface area (Å²) >= 11 is 1.14. The molecule has 0 saturated heterocycles. The van der Waals surface area contributed by atoms with Gasteiger partial charge in [-0.1, -0.05) is 0 Å². The van der Waals surface area contributed by atoms with Gasteiger partial charge in [0.1, 0.15) is 4.88 Å². The first-order valence-corrected chi connectivity index (χ1v) is 6.79. The molecule has 0 saturated carbocycles. The summed E-state index contributed by atoms with van der Waals surface area (Å²) in [6, 6.07) is -0.257. The van der Waals surface area contributed by atoms with Crippen molar-refractivity contribution < 1.29 is 18.3 Å². The smallest absolute Gasteiger partial charge is 0.350 e. The minimum atomic E-state index is -2.80. The van der Waals surface area contributed by atoms with Gasteiger partial charge in [0.25, 0.3) is 5.92 Å². The van der Waals surface area contributed by atoms with E-state index < -0.39 is 18.4 Å². The van der Waals surface area contributed by atoms with Gasteiger partial charge in [0.2, 0.25) is 0 Å². The lowest BCUT2D eigenvalue weighted by molar-refractivity contribution is 0.00520. The van der Waals surface area contributed by atoms with E-state index in [1.807, 2.05) is 0 Å². The van der Waals surface area contributed by atoms with Crippen molar-refractivity contribution in [2.75, 3.05) is 25.1 Å². The van der Waals surface area contributed by atoms with E-state index in [1.165, 1.54) is 12.0 Å². The van der Waals surface area contributed by atoms with Crippen LogP contribution in [0.1, 0.15) is 22.2 Å². The van der Waals surface area contributed by atoms with Crippen LogP contribution in [0.5, 0.6) is 0 Å². The number of thiophene rings is 1. The Morgan fingerprint density at radius 1 is 1.68 bits per heavy atom. The second kappa shape index (κ2) is 5.05. The van der Waals surface area contributed by atoms with Gasteiger partial charge in [0, 0.05) is 19.0 Å². The summed E-state index contributed by atoms with van der Waals surface area (Å²) in [5, 5.41) is 1.60. The molecule has 106 valence electrons. The topological polar surface area (TPSA) is 55.6 Å². The van der Waals surface area contributed by atoms with Gasteiger partial charge in [0.05, 0.1) is 19.3 Å². The molecule has 2 rings (SSSR count). The largest absolute Gasteiger partial charge is 0.465 e. The van der Waals surface area contributed by atoms with Gasteiger partial charge in [0.15, 0.2) is 0 Å². The first kappa shape index (κ1) is 14.2. The Hall–Kier alpha value is -1.21. The van der Waals surface area contributed by atoms with Crippen molar-refractivity contribution in [3.05, 3.63) is 15.8 Å². The van der Waals surface area contributed by atoms with E-state index in [1.54, 1.807) is 12.3 Å². The van der Waals surface area contributed by atoms with Crippen molar-refractivity contribution in [2.45, 2.75) is 25.3 Å². The number of rotatable bonds is 3. The molecule has 7 heteroatoms. The fourth-order valence-electron chi connectivity index (χ4n) is 2.29. The number of nitrogens with two attached hydrogens (primary N) is 1. The molecule has 0 aliphatic carbocycles. The number of ether oxygens (including phenoxy) is 1. The number of anilines is 1. The number of esters is 1. The zero-order chi connectivity index (χ0) is 14.2. The number of fused-ring (bicyclic) bond motifs is 1. The second-order valence-electron chi connectivity index (χ2n) is 4.82. The van der Waals surface area contributed by atoms with Crippen LogP contribution in [0.15, 0.2) is 5.38 Å². The summed E-state index contributed by atoms with van der Waals surface area (Å²) in [5.74, 6) is -3.29. The van der Waals surface area contributed by atoms with Gasteiger partial charge in [-0.05, 0) is 17.9 Å². The summed E-state index contributed by atoms with van der Waals surface area (Å²) in [7, 11) is 1.28. The Morgan fingerprint density at radius 3 is 2.95 bits per heavy atom. The van der Waals surface area contributed by atoms with E-state index in [4.69, 9.17) is 10.5 Å². The van der Waals surface area contributed by atoms with E-state index in [2.05, 4.69) is 0 Å². The van der Waals surface area contributed by atoms with Crippen molar-refractivity contribution in [1.29, 1.82) is 0 Å². The Balaban J connectivity index is 2.42. The molecular formula is C12H16F2N2O2S. The van der Waals surface area contributed by atoms with E-state index in [-0.39, 0.29) is 19.0 Å². The highest BCUT2D eigenvalue weighted by Crippen LogP contribution is 2.40. The molecule has 1 atom stereocenters. The van der Waals surface area contributed by atoms with Crippen LogP contribution in [-0.4, -0.2) is 38.1 Å². The molecular weight excluding hydrogens is 274 g/mol. The van der Waals surface area contributed by atoms with E-state index in [9.17, 15) is 13.6 Å². The number of alkyl halides is 2. The molecule has 0 fully saturated rings. The highest BCUT2D eigenvalue weighted by Gasteiger charge is 2.41. The van der Waals surface area contributed by atoms with Gasteiger partial charge in [-0.3, -0.25) is 0 Å². The third kappa shape index (κ3) is 2.87. The Bertz CT molecular complexity index is 488. The summed E-state index contributed by atoms with van der Waals surface area (Å²) in [4.78, 5) is 13.5. The fourth-order valence-corrected chi connectivity index (χ4v) is 3.30. The monoisotopic (exact) mass is 290 g/mol. The molecule has 4 nitrogen and oxygen atoms in total. The number of carbonyl (C=O) groups is 1. The highest BCUT2D eigenvalue weighted by molar-refractivity contribution is 7.12. The molecule has 0 spiro atoms. The number of carbonyl (C=O) groups excluding carboxylic acids is 1. The Kier molecular flexibility index (Phi) is 3.78. The van der Waals surface area contributed by atoms with Crippen LogP contribution in [0, 0.1) is 0 Å². The standard InChI is InChI=1S/C12H16F2N2O2S/c1-7(15)4-16-6-12(13,14)3-8-5-19-10(9(8)16)11(17)18-2/h5,7H,3-4,6,15H2,1-2H3/t7-/m1/s1. The molecule has 1 aliphatic heterocycles. The maximum atomic E-state index is 13.7. The van der Waals surface area contributed by atoms with Gasteiger partial charge >= 0.3 is 5.97 Å². The van der Waals surface area contributed by atoms with Crippen LogP contribution >= 0.6 is 11.3 Å². The predicted molar refractivity (Wildman–Crippen MR) is 70.2 cm³/mol. The third-order valence-electron chi connectivity index (χ3n) is 2.90. The molecule has 0 amide bonds. The lowest BCUT2D eigenvalue weighted by Crippen LogP contribution is -2.47. The predicted octanol–water partition coefficient (Wildman–Crippen LogP) is 1.88. The average molecular weight is 290 g/mol. The zero-order valence-corrected chi connectivity index (χ0v) is 11.6. The summed E-state index contributed by atoms with van der Waals surface area (Å²) in [5.41, 5.74) is 6.74. The molecule has 1 aliphatic rings. The van der Waals surface area contributed by atoms with E-state index in [0.717, 1.165) is 11.3 Å². The molecule has 0 aromatic carbocycles. The molecule has 2 N–H and O–H groups in total. The quantitative estimate of drug-likeness (QED) is 0.864. The first-order chi connectivity index (χ1) is 8.84. The molecule has 0 radical (unpaired) electrons. The summed E-state index contributed by atoms with van der Waals surface area (Å²) in [6.07, 6.45) is -0.342. The molecule has 0 bridgehead atoms. The molecule has 1 aromatic heterocycles. The van der Waals surface area contributed by atoms with Crippen LogP contribution in [0.25, 0.3) is 0 Å². The van der Waals surface area contributed by atoms with E-state index >= 15 is 0 Å². The van der Waals surface area contributed by atoms with Crippen LogP contribution in [0.4, 0.5) is 14.5 Å². The van der Waals surface area contributed by atoms with Gasteiger partial charge in [-0.15, -0.1) is 11.3 Å². The van der Waals surface area contributed by atoms with Crippen LogP contribution in [0.2, 0.25) is 0 Å². The minimum absolute atomic E-state index is 0.257. The van der Waals surface area contributed by atoms with Crippen LogP contribution in [0.3, 0.4) is 0 Å². The maximum absolute atomic E-state index is 13.7. The number of nitrogens with zero attached hydrogens (tertiary/aromatic N) is 1. The highest BCUT2D eigenvalue weighted by atomic mass is 32.1. The first-order valence-electron chi connectivity index (χ1n) is 5.91. The number of halogens is 2. The Labute approximate surface area is 114 Å². The average Bonchev–Trinajstić information content (AvgIpc) is 2.69. The minimum Gasteiger partial charge on any atom is -0.465 e. The lowest BCUT2D eigenvalue weighted by Gasteiger charge is -2.35. The number of methoxy groups -OCH3 is 1. The lowest BCUT2D eigenvalue weighted by atomic mass is 10.0. The molecule has 1 aromatic rings. The van der Waals surface area contributed by atoms with Crippen LogP contribution < -0.4 is 10.6 Å². The number of hydrogen-bond acceptors (Lipinski definition) is 5. The molecule has 0 unspecified atom stereocenters. The second-order valence-corrected chi connectivity index (χ2v) is 5.70. The zero-order valence-electron chi connectivity index (χ0n) is 10.8. The molecule has 2 heterocycles. The molecule has 19 heavy (non-hydrogen) atoms. The van der Waals surface area contributed by atoms with Gasteiger partial charge < -0.3 is 15.4 Å². The third-order valence-corrected chi connectivity index (χ3v) is 3.90. The summed E-state index contributed by atoms with van der Waals surface area (Å²) < 4.78 is 32.1. The van der Waals surface area contributed by atoms with Gasteiger partial charge in [-0.2, -0.15) is 0 Å². The normalized spacial score (nSPS) is 18.9. The van der Waals surface area contributed by atoms with Crippen molar-refractivity contribution in [1.82, 2.24) is 0 Å². The SMILES string of the molecule is COC(=O)c1scc2c1N(C[C@@H](C)N)CC(F)(F)C2.